The van der Waals surface area contributed by atoms with Crippen LogP contribution in [0.3, 0.4) is 0 Å². The molecule has 10 nitrogen and oxygen atoms in total. The summed E-state index contributed by atoms with van der Waals surface area (Å²) in [4.78, 5) is 12.2. The molecular formula is C42H86O10. The van der Waals surface area contributed by atoms with Gasteiger partial charge in [0.15, 0.2) is 5.79 Å². The van der Waals surface area contributed by atoms with Gasteiger partial charge in [0, 0.05) is 26.6 Å². The van der Waals surface area contributed by atoms with E-state index in [4.69, 9.17) is 33.9 Å². The molecule has 1 aliphatic heterocycles. The predicted octanol–water partition coefficient (Wildman–Crippen LogP) is 8.81. The minimum absolute atomic E-state index is 0.0242. The maximum atomic E-state index is 12.2. The number of rotatable bonds is 34. The Morgan fingerprint density at radius 3 is 1.69 bits per heavy atom. The molecule has 1 aliphatic rings. The van der Waals surface area contributed by atoms with Crippen LogP contribution < -0.4 is 0 Å². The largest absolute Gasteiger partial charge is 0.462 e. The van der Waals surface area contributed by atoms with Crippen molar-refractivity contribution in [3.8, 4) is 0 Å². The minimum atomic E-state index is -0.841. The fraction of sp³-hybridized carbons (Fsp3) is 0.976. The van der Waals surface area contributed by atoms with Gasteiger partial charge in [0.2, 0.25) is 0 Å². The van der Waals surface area contributed by atoms with Gasteiger partial charge < -0.3 is 44.1 Å². The molecule has 314 valence electrons. The molecule has 0 aromatic carbocycles. The molecule has 0 unspecified atom stereocenters. The van der Waals surface area contributed by atoms with E-state index in [-0.39, 0.29) is 37.5 Å². The summed E-state index contributed by atoms with van der Waals surface area (Å²) in [5.74, 6) is -0.571. The molecule has 4 atom stereocenters. The summed E-state index contributed by atoms with van der Waals surface area (Å²) in [7, 11) is 1.00. The Morgan fingerprint density at radius 2 is 1.17 bits per heavy atom. The van der Waals surface area contributed by atoms with E-state index >= 15 is 0 Å². The molecule has 4 N–H and O–H groups in total. The lowest BCUT2D eigenvalue weighted by molar-refractivity contribution is -0.150. The van der Waals surface area contributed by atoms with Crippen molar-refractivity contribution in [2.45, 2.75) is 219 Å². The van der Waals surface area contributed by atoms with Crippen molar-refractivity contribution in [1.82, 2.24) is 0 Å². The summed E-state index contributed by atoms with van der Waals surface area (Å²) >= 11 is 0. The van der Waals surface area contributed by atoms with Crippen LogP contribution >= 0.6 is 0 Å². The molecule has 0 saturated carbocycles. The van der Waals surface area contributed by atoms with E-state index in [2.05, 4.69) is 20.8 Å². The minimum Gasteiger partial charge on any atom is -0.462 e. The second kappa shape index (κ2) is 39.8. The third-order valence-corrected chi connectivity index (χ3v) is 9.12. The second-order valence-corrected chi connectivity index (χ2v) is 14.8. The third-order valence-electron chi connectivity index (χ3n) is 9.12. The summed E-state index contributed by atoms with van der Waals surface area (Å²) < 4.78 is 27.8. The van der Waals surface area contributed by atoms with Crippen molar-refractivity contribution in [2.24, 2.45) is 0 Å². The smallest absolute Gasteiger partial charge is 0.306 e. The maximum Gasteiger partial charge on any atom is 0.306 e. The van der Waals surface area contributed by atoms with Gasteiger partial charge in [0.25, 0.3) is 0 Å². The van der Waals surface area contributed by atoms with Gasteiger partial charge in [-0.1, -0.05) is 130 Å². The Kier molecular flexibility index (Phi) is 40.8. The van der Waals surface area contributed by atoms with Crippen LogP contribution in [0.15, 0.2) is 0 Å². The topological polar surface area (TPSA) is 144 Å². The van der Waals surface area contributed by atoms with Crippen molar-refractivity contribution in [3.63, 3.8) is 0 Å². The first-order valence-electron chi connectivity index (χ1n) is 21.3. The summed E-state index contributed by atoms with van der Waals surface area (Å²) in [5.41, 5.74) is 0. The van der Waals surface area contributed by atoms with Crippen LogP contribution in [0.1, 0.15) is 189 Å². The number of aliphatic hydroxyl groups is 4. The number of unbranched alkanes of at least 4 members (excludes halogenated alkanes) is 16. The Labute approximate surface area is 320 Å². The van der Waals surface area contributed by atoms with Gasteiger partial charge in [0.1, 0.15) is 18.3 Å². The maximum absolute atomic E-state index is 12.2. The first-order valence-corrected chi connectivity index (χ1v) is 21.3. The molecule has 1 heterocycles. The van der Waals surface area contributed by atoms with Crippen LogP contribution in [0.5, 0.6) is 0 Å². The fourth-order valence-electron chi connectivity index (χ4n) is 5.96. The van der Waals surface area contributed by atoms with E-state index in [9.17, 15) is 15.0 Å². The summed E-state index contributed by atoms with van der Waals surface area (Å²) in [5, 5.41) is 35.0. The average molecular weight is 751 g/mol. The molecule has 0 aromatic rings. The van der Waals surface area contributed by atoms with Crippen molar-refractivity contribution < 1.29 is 48.9 Å². The van der Waals surface area contributed by atoms with E-state index in [1.807, 2.05) is 13.8 Å². The summed E-state index contributed by atoms with van der Waals surface area (Å²) in [6.07, 6.45) is 25.8. The first-order chi connectivity index (χ1) is 25.2. The van der Waals surface area contributed by atoms with Gasteiger partial charge in [-0.05, 0) is 46.0 Å². The predicted molar refractivity (Wildman–Crippen MR) is 211 cm³/mol. The molecule has 0 spiro atoms. The van der Waals surface area contributed by atoms with Crippen LogP contribution in [0, 0.1) is 0 Å². The molecule has 10 heteroatoms. The Balaban J connectivity index is 0. The van der Waals surface area contributed by atoms with Crippen molar-refractivity contribution in [1.29, 1.82) is 0 Å². The summed E-state index contributed by atoms with van der Waals surface area (Å²) in [6.45, 7) is 12.5. The number of aliphatic hydroxyl groups excluding tert-OH is 4. The highest BCUT2D eigenvalue weighted by Gasteiger charge is 2.32. The van der Waals surface area contributed by atoms with Crippen LogP contribution in [0.2, 0.25) is 0 Å². The molecule has 52 heavy (non-hydrogen) atoms. The molecule has 0 radical (unpaired) electrons. The Hall–Kier alpha value is -0.850. The van der Waals surface area contributed by atoms with Crippen LogP contribution in [-0.4, -0.2) is 103 Å². The standard InChI is InChI=1S/C25H50O5.C16H32O4.CH4O/c1-3-5-7-9-10-11-12-14-16-18-25(28)30-24(17-15-13-8-6-4-2)19-20-29-22-23(27)21-26;1-4-5-6-7-8-9-14(17)10-11-18-12-15-13-19-16(2,3)20-15;1-2/h23-24,26-27H,3-22H2,1-2H3;14-15,17H,4-13H2,1-3H3;2H,1H3/t23-,24-;14-,15-;/m11./s1. The van der Waals surface area contributed by atoms with Crippen LogP contribution in [-0.2, 0) is 28.5 Å². The fourth-order valence-corrected chi connectivity index (χ4v) is 5.96. The summed E-state index contributed by atoms with van der Waals surface area (Å²) in [6, 6.07) is 0. The monoisotopic (exact) mass is 751 g/mol. The highest BCUT2D eigenvalue weighted by Crippen LogP contribution is 2.22. The van der Waals surface area contributed by atoms with E-state index in [0.717, 1.165) is 45.6 Å². The van der Waals surface area contributed by atoms with Gasteiger partial charge >= 0.3 is 5.97 Å². The van der Waals surface area contributed by atoms with E-state index in [1.54, 1.807) is 0 Å². The van der Waals surface area contributed by atoms with Gasteiger partial charge in [-0.25, -0.2) is 0 Å². The molecule has 0 aliphatic carbocycles. The average Bonchev–Trinajstić information content (AvgIpc) is 3.49. The van der Waals surface area contributed by atoms with E-state index < -0.39 is 11.9 Å². The first kappa shape index (κ1) is 53.3. The number of hydrogen-bond acceptors (Lipinski definition) is 10. The van der Waals surface area contributed by atoms with Gasteiger partial charge in [-0.15, -0.1) is 0 Å². The molecular weight excluding hydrogens is 664 g/mol. The normalized spacial score (nSPS) is 16.7. The van der Waals surface area contributed by atoms with Crippen LogP contribution in [0.4, 0.5) is 0 Å². The molecule has 0 aromatic heterocycles. The lowest BCUT2D eigenvalue weighted by Gasteiger charge is -2.18. The zero-order valence-corrected chi connectivity index (χ0v) is 34.8. The van der Waals surface area contributed by atoms with Gasteiger partial charge in [-0.2, -0.15) is 0 Å². The number of carbonyl (C=O) groups excluding carboxylic acids is 1. The molecule has 1 saturated heterocycles. The number of hydrogen-bond donors (Lipinski definition) is 4. The van der Waals surface area contributed by atoms with Crippen molar-refractivity contribution in [2.75, 3.05) is 46.8 Å². The van der Waals surface area contributed by atoms with Crippen LogP contribution in [0.25, 0.3) is 0 Å². The number of esters is 1. The quantitative estimate of drug-likeness (QED) is 0.0372. The highest BCUT2D eigenvalue weighted by molar-refractivity contribution is 5.69. The Bertz CT molecular complexity index is 723. The lowest BCUT2D eigenvalue weighted by Crippen LogP contribution is -2.24. The van der Waals surface area contributed by atoms with Gasteiger partial charge in [-0.3, -0.25) is 4.79 Å². The number of ether oxygens (including phenoxy) is 5. The van der Waals surface area contributed by atoms with E-state index in [1.165, 1.54) is 96.3 Å². The highest BCUT2D eigenvalue weighted by atomic mass is 16.7. The SMILES string of the molecule is CCCCCCCCCCCC(=O)O[C@H](CCCCCCC)CCOC[C@H](O)CO.CCCCCCC[C@@H](O)CCOC[C@@H]1COC(C)(C)O1.CO. The number of carbonyl (C=O) groups is 1. The molecule has 0 amide bonds. The zero-order chi connectivity index (χ0) is 39.1. The Morgan fingerprint density at radius 1 is 0.673 bits per heavy atom. The molecule has 1 rings (SSSR count). The van der Waals surface area contributed by atoms with Crippen molar-refractivity contribution in [3.05, 3.63) is 0 Å². The lowest BCUT2D eigenvalue weighted by atomic mass is 10.1. The zero-order valence-electron chi connectivity index (χ0n) is 34.8. The molecule has 0 bridgehead atoms. The van der Waals surface area contributed by atoms with Crippen molar-refractivity contribution >= 4 is 5.97 Å². The van der Waals surface area contributed by atoms with Gasteiger partial charge in [0.05, 0.1) is 39.1 Å². The molecule has 1 fully saturated rings. The second-order valence-electron chi connectivity index (χ2n) is 14.8. The third kappa shape index (κ3) is 37.5. The van der Waals surface area contributed by atoms with E-state index in [0.29, 0.717) is 45.7 Å².